The summed E-state index contributed by atoms with van der Waals surface area (Å²) in [5.74, 6) is 1.70. The molecule has 4 heteroatoms. The van der Waals surface area contributed by atoms with Crippen LogP contribution in [0.4, 0.5) is 5.82 Å². The van der Waals surface area contributed by atoms with Gasteiger partial charge in [-0.2, -0.15) is 0 Å². The summed E-state index contributed by atoms with van der Waals surface area (Å²) in [7, 11) is 0. The van der Waals surface area contributed by atoms with Crippen LogP contribution in [0, 0.1) is 5.92 Å². The molecule has 1 saturated carbocycles. The predicted octanol–water partition coefficient (Wildman–Crippen LogP) is 3.93. The molecule has 1 aliphatic carbocycles. The van der Waals surface area contributed by atoms with Crippen LogP contribution in [0.5, 0.6) is 0 Å². The number of aromatic nitrogens is 2. The van der Waals surface area contributed by atoms with Crippen molar-refractivity contribution >= 4 is 17.4 Å². The molecule has 0 spiro atoms. The van der Waals surface area contributed by atoms with Crippen LogP contribution in [-0.2, 0) is 0 Å². The van der Waals surface area contributed by atoms with Crippen molar-refractivity contribution in [3.8, 4) is 0 Å². The second kappa shape index (κ2) is 6.37. The molecule has 1 aromatic heterocycles. The molecule has 18 heavy (non-hydrogen) atoms. The highest BCUT2D eigenvalue weighted by Gasteiger charge is 2.23. The van der Waals surface area contributed by atoms with Crippen molar-refractivity contribution in [2.45, 2.75) is 52.0 Å². The van der Waals surface area contributed by atoms with E-state index in [1.807, 2.05) is 12.1 Å². The minimum Gasteiger partial charge on any atom is -0.352 e. The van der Waals surface area contributed by atoms with Gasteiger partial charge < -0.3 is 4.90 Å². The molecule has 100 valence electrons. The summed E-state index contributed by atoms with van der Waals surface area (Å²) < 4.78 is 0. The first kappa shape index (κ1) is 13.6. The molecule has 1 fully saturated rings. The van der Waals surface area contributed by atoms with Crippen molar-refractivity contribution in [2.24, 2.45) is 5.92 Å². The van der Waals surface area contributed by atoms with E-state index in [4.69, 9.17) is 11.6 Å². The summed E-state index contributed by atoms with van der Waals surface area (Å²) >= 11 is 5.81. The summed E-state index contributed by atoms with van der Waals surface area (Å²) in [6.07, 6.45) is 6.43. The van der Waals surface area contributed by atoms with Gasteiger partial charge in [0.2, 0.25) is 0 Å². The lowest BCUT2D eigenvalue weighted by Crippen LogP contribution is -2.35. The third-order valence-corrected chi connectivity index (χ3v) is 3.83. The molecule has 0 radical (unpaired) electrons. The fraction of sp³-hybridized carbons (Fsp3) is 0.714. The van der Waals surface area contributed by atoms with Gasteiger partial charge >= 0.3 is 0 Å². The Morgan fingerprint density at radius 1 is 1.28 bits per heavy atom. The van der Waals surface area contributed by atoms with Gasteiger partial charge in [0, 0.05) is 12.6 Å². The van der Waals surface area contributed by atoms with E-state index in [9.17, 15) is 0 Å². The van der Waals surface area contributed by atoms with Crippen molar-refractivity contribution in [1.82, 2.24) is 10.2 Å². The van der Waals surface area contributed by atoms with Crippen molar-refractivity contribution in [2.75, 3.05) is 11.4 Å². The Hall–Kier alpha value is -0.830. The molecule has 0 saturated heterocycles. The molecule has 3 nitrogen and oxygen atoms in total. The second-order valence-electron chi connectivity index (χ2n) is 5.53. The zero-order valence-electron chi connectivity index (χ0n) is 11.3. The summed E-state index contributed by atoms with van der Waals surface area (Å²) in [5.41, 5.74) is 0. The molecular weight excluding hydrogens is 246 g/mol. The van der Waals surface area contributed by atoms with Gasteiger partial charge in [-0.15, -0.1) is 10.2 Å². The molecule has 0 N–H and O–H groups in total. The predicted molar refractivity (Wildman–Crippen MR) is 76.1 cm³/mol. The van der Waals surface area contributed by atoms with E-state index in [2.05, 4.69) is 28.9 Å². The molecule has 0 aromatic carbocycles. The van der Waals surface area contributed by atoms with Crippen molar-refractivity contribution in [3.63, 3.8) is 0 Å². The molecule has 0 atom stereocenters. The van der Waals surface area contributed by atoms with Crippen LogP contribution in [0.2, 0.25) is 5.15 Å². The molecule has 1 aromatic rings. The third kappa shape index (κ3) is 3.58. The lowest BCUT2D eigenvalue weighted by Gasteiger charge is -2.30. The Bertz CT molecular complexity index is 358. The van der Waals surface area contributed by atoms with Crippen LogP contribution in [0.3, 0.4) is 0 Å². The van der Waals surface area contributed by atoms with Crippen LogP contribution in [0.15, 0.2) is 12.1 Å². The second-order valence-corrected chi connectivity index (χ2v) is 5.92. The van der Waals surface area contributed by atoms with E-state index >= 15 is 0 Å². The lowest BCUT2D eigenvalue weighted by molar-refractivity contribution is 0.523. The monoisotopic (exact) mass is 267 g/mol. The molecule has 1 aliphatic rings. The van der Waals surface area contributed by atoms with Gasteiger partial charge in [0.25, 0.3) is 0 Å². The highest BCUT2D eigenvalue weighted by molar-refractivity contribution is 6.29. The van der Waals surface area contributed by atoms with E-state index in [0.29, 0.717) is 17.1 Å². The number of hydrogen-bond acceptors (Lipinski definition) is 3. The SMILES string of the molecule is CC(C)CCN(c1ccc(Cl)nn1)C1CCCC1. The van der Waals surface area contributed by atoms with E-state index in [1.165, 1.54) is 32.1 Å². The first-order valence-electron chi connectivity index (χ1n) is 6.92. The maximum Gasteiger partial charge on any atom is 0.151 e. The lowest BCUT2D eigenvalue weighted by atomic mass is 10.1. The molecule has 0 unspecified atom stereocenters. The Morgan fingerprint density at radius 2 is 2.00 bits per heavy atom. The fourth-order valence-corrected chi connectivity index (χ4v) is 2.66. The van der Waals surface area contributed by atoms with E-state index in [-0.39, 0.29) is 0 Å². The molecule has 0 amide bonds. The van der Waals surface area contributed by atoms with E-state index < -0.39 is 0 Å². The Balaban J connectivity index is 2.09. The first-order valence-corrected chi connectivity index (χ1v) is 7.30. The van der Waals surface area contributed by atoms with Gasteiger partial charge in [-0.1, -0.05) is 38.3 Å². The number of hydrogen-bond donors (Lipinski definition) is 0. The summed E-state index contributed by atoms with van der Waals surface area (Å²) in [5, 5.41) is 8.68. The maximum absolute atomic E-state index is 5.81. The minimum atomic E-state index is 0.467. The average molecular weight is 268 g/mol. The van der Waals surface area contributed by atoms with Gasteiger partial charge in [-0.05, 0) is 37.3 Å². The number of nitrogens with zero attached hydrogens (tertiary/aromatic N) is 3. The zero-order valence-corrected chi connectivity index (χ0v) is 12.0. The number of anilines is 1. The molecular formula is C14H22ClN3. The van der Waals surface area contributed by atoms with Gasteiger partial charge in [0.15, 0.2) is 11.0 Å². The third-order valence-electron chi connectivity index (χ3n) is 3.63. The van der Waals surface area contributed by atoms with Crippen molar-refractivity contribution in [1.29, 1.82) is 0 Å². The molecule has 0 aliphatic heterocycles. The fourth-order valence-electron chi connectivity index (χ4n) is 2.56. The normalized spacial score (nSPS) is 16.4. The number of halogens is 1. The smallest absolute Gasteiger partial charge is 0.151 e. The van der Waals surface area contributed by atoms with Gasteiger partial charge in [-0.25, -0.2) is 0 Å². The Kier molecular flexibility index (Phi) is 4.81. The van der Waals surface area contributed by atoms with E-state index in [0.717, 1.165) is 12.4 Å². The Morgan fingerprint density at radius 3 is 2.56 bits per heavy atom. The van der Waals surface area contributed by atoms with Gasteiger partial charge in [0.1, 0.15) is 0 Å². The summed E-state index contributed by atoms with van der Waals surface area (Å²) in [6, 6.07) is 4.47. The molecule has 2 rings (SSSR count). The maximum atomic E-state index is 5.81. The van der Waals surface area contributed by atoms with Gasteiger partial charge in [-0.3, -0.25) is 0 Å². The highest BCUT2D eigenvalue weighted by Crippen LogP contribution is 2.27. The van der Waals surface area contributed by atoms with Crippen LogP contribution in [0.1, 0.15) is 46.0 Å². The van der Waals surface area contributed by atoms with Crippen LogP contribution in [0.25, 0.3) is 0 Å². The molecule has 0 bridgehead atoms. The first-order chi connectivity index (χ1) is 8.66. The topological polar surface area (TPSA) is 29.0 Å². The molecule has 1 heterocycles. The standard InChI is InChI=1S/C14H22ClN3/c1-11(2)9-10-18(12-5-3-4-6-12)14-8-7-13(15)16-17-14/h7-8,11-12H,3-6,9-10H2,1-2H3. The van der Waals surface area contributed by atoms with Crippen LogP contribution < -0.4 is 4.90 Å². The summed E-state index contributed by atoms with van der Waals surface area (Å²) in [4.78, 5) is 2.43. The van der Waals surface area contributed by atoms with E-state index in [1.54, 1.807) is 0 Å². The van der Waals surface area contributed by atoms with Crippen molar-refractivity contribution in [3.05, 3.63) is 17.3 Å². The van der Waals surface area contributed by atoms with Gasteiger partial charge in [0.05, 0.1) is 0 Å². The van der Waals surface area contributed by atoms with Crippen LogP contribution >= 0.6 is 11.6 Å². The number of rotatable bonds is 5. The van der Waals surface area contributed by atoms with Crippen LogP contribution in [-0.4, -0.2) is 22.8 Å². The van der Waals surface area contributed by atoms with Crippen molar-refractivity contribution < 1.29 is 0 Å². The highest BCUT2D eigenvalue weighted by atomic mass is 35.5. The Labute approximate surface area is 115 Å². The summed E-state index contributed by atoms with van der Waals surface area (Å²) in [6.45, 7) is 5.60. The average Bonchev–Trinajstić information content (AvgIpc) is 2.85. The minimum absolute atomic E-state index is 0.467. The zero-order chi connectivity index (χ0) is 13.0. The quantitative estimate of drug-likeness (QED) is 0.810. The largest absolute Gasteiger partial charge is 0.352 e.